The first-order valence-corrected chi connectivity index (χ1v) is 4.56. The third-order valence-electron chi connectivity index (χ3n) is 3.04. The largest absolute Gasteiger partial charge is 0.469 e. The van der Waals surface area contributed by atoms with Crippen molar-refractivity contribution in [3.8, 4) is 0 Å². The minimum Gasteiger partial charge on any atom is -0.469 e. The van der Waals surface area contributed by atoms with Crippen molar-refractivity contribution in [3.05, 3.63) is 23.7 Å². The summed E-state index contributed by atoms with van der Waals surface area (Å²) in [6.07, 6.45) is 3.37. The second-order valence-electron chi connectivity index (χ2n) is 3.77. The Bertz CT molecular complexity index is 353. The van der Waals surface area contributed by atoms with Crippen molar-refractivity contribution in [1.82, 2.24) is 0 Å². The van der Waals surface area contributed by atoms with Gasteiger partial charge in [-0.15, -0.1) is 0 Å². The lowest BCUT2D eigenvalue weighted by Gasteiger charge is -2.19. The van der Waals surface area contributed by atoms with Crippen molar-refractivity contribution in [2.24, 2.45) is 11.8 Å². The van der Waals surface area contributed by atoms with Crippen LogP contribution in [0.3, 0.4) is 0 Å². The molecule has 0 radical (unpaired) electrons. The molecule has 3 rings (SSSR count). The molecule has 0 spiro atoms. The van der Waals surface area contributed by atoms with E-state index in [4.69, 9.17) is 9.15 Å². The Hall–Kier alpha value is -1.25. The van der Waals surface area contributed by atoms with Crippen molar-refractivity contribution in [3.63, 3.8) is 0 Å². The number of esters is 1. The van der Waals surface area contributed by atoms with E-state index in [1.54, 1.807) is 6.26 Å². The van der Waals surface area contributed by atoms with E-state index >= 15 is 0 Å². The molecular weight excluding hydrogens is 168 g/mol. The van der Waals surface area contributed by atoms with Crippen LogP contribution in [0.2, 0.25) is 0 Å². The van der Waals surface area contributed by atoms with Crippen LogP contribution < -0.4 is 0 Å². The normalized spacial score (nSPS) is 30.9. The van der Waals surface area contributed by atoms with E-state index in [1.165, 1.54) is 5.56 Å². The first-order valence-electron chi connectivity index (χ1n) is 4.56. The van der Waals surface area contributed by atoms with Crippen LogP contribution in [0.5, 0.6) is 0 Å². The van der Waals surface area contributed by atoms with Gasteiger partial charge in [0.15, 0.2) is 0 Å². The summed E-state index contributed by atoms with van der Waals surface area (Å²) in [5, 5.41) is 0. The highest BCUT2D eigenvalue weighted by Gasteiger charge is 2.41. The lowest BCUT2D eigenvalue weighted by atomic mass is 9.81. The Labute approximate surface area is 75.7 Å². The number of rotatable bonds is 0. The number of cyclic esters (lactones) is 1. The maximum atomic E-state index is 11.3. The smallest absolute Gasteiger partial charge is 0.309 e. The molecule has 1 fully saturated rings. The summed E-state index contributed by atoms with van der Waals surface area (Å²) in [5.41, 5.74) is 1.18. The van der Waals surface area contributed by atoms with Crippen molar-refractivity contribution < 1.29 is 13.9 Å². The zero-order chi connectivity index (χ0) is 8.84. The second kappa shape index (κ2) is 2.37. The molecule has 13 heavy (non-hydrogen) atoms. The first-order chi connectivity index (χ1) is 6.34. The number of hydrogen-bond acceptors (Lipinski definition) is 3. The second-order valence-corrected chi connectivity index (χ2v) is 3.77. The van der Waals surface area contributed by atoms with E-state index in [9.17, 15) is 4.79 Å². The zero-order valence-electron chi connectivity index (χ0n) is 7.16. The minimum atomic E-state index is -0.0307. The van der Waals surface area contributed by atoms with E-state index in [0.29, 0.717) is 12.5 Å². The van der Waals surface area contributed by atoms with Crippen molar-refractivity contribution >= 4 is 5.97 Å². The first kappa shape index (κ1) is 7.18. The molecule has 3 nitrogen and oxygen atoms in total. The van der Waals surface area contributed by atoms with E-state index in [0.717, 1.165) is 18.6 Å². The van der Waals surface area contributed by atoms with Crippen LogP contribution in [0, 0.1) is 11.8 Å². The molecule has 1 saturated heterocycles. The molecule has 2 atom stereocenters. The Balaban J connectivity index is 1.98. The fourth-order valence-corrected chi connectivity index (χ4v) is 2.26. The molecule has 2 heterocycles. The van der Waals surface area contributed by atoms with Gasteiger partial charge in [-0.25, -0.2) is 0 Å². The van der Waals surface area contributed by atoms with Gasteiger partial charge in [0.05, 0.1) is 18.8 Å². The molecule has 1 aliphatic carbocycles. The van der Waals surface area contributed by atoms with Gasteiger partial charge < -0.3 is 9.15 Å². The minimum absolute atomic E-state index is 0.0307. The van der Waals surface area contributed by atoms with Gasteiger partial charge in [0.25, 0.3) is 0 Å². The highest BCUT2D eigenvalue weighted by Crippen LogP contribution is 2.35. The van der Waals surface area contributed by atoms with E-state index in [1.807, 2.05) is 6.07 Å². The Kier molecular flexibility index (Phi) is 1.31. The van der Waals surface area contributed by atoms with Gasteiger partial charge in [0, 0.05) is 12.3 Å². The van der Waals surface area contributed by atoms with Crippen LogP contribution in [0.4, 0.5) is 0 Å². The van der Waals surface area contributed by atoms with Gasteiger partial charge in [-0.1, -0.05) is 0 Å². The molecule has 0 aromatic carbocycles. The molecule has 68 valence electrons. The predicted molar refractivity (Wildman–Crippen MR) is 44.1 cm³/mol. The van der Waals surface area contributed by atoms with Crippen LogP contribution >= 0.6 is 0 Å². The van der Waals surface area contributed by atoms with E-state index in [2.05, 4.69) is 0 Å². The van der Waals surface area contributed by atoms with E-state index in [-0.39, 0.29) is 11.9 Å². The van der Waals surface area contributed by atoms with Crippen LogP contribution in [-0.2, 0) is 22.4 Å². The van der Waals surface area contributed by atoms with Crippen LogP contribution in [0.1, 0.15) is 11.3 Å². The lowest BCUT2D eigenvalue weighted by Crippen LogP contribution is -2.25. The Morgan fingerprint density at radius 1 is 1.38 bits per heavy atom. The zero-order valence-corrected chi connectivity index (χ0v) is 7.16. The lowest BCUT2D eigenvalue weighted by molar-refractivity contribution is -0.141. The van der Waals surface area contributed by atoms with Crippen molar-refractivity contribution in [1.29, 1.82) is 0 Å². The third-order valence-corrected chi connectivity index (χ3v) is 3.04. The molecule has 1 aliphatic heterocycles. The summed E-state index contributed by atoms with van der Waals surface area (Å²) in [6, 6.07) is 1.96. The van der Waals surface area contributed by atoms with Crippen molar-refractivity contribution in [2.75, 3.05) is 6.61 Å². The van der Waals surface area contributed by atoms with Crippen LogP contribution in [0.25, 0.3) is 0 Å². The summed E-state index contributed by atoms with van der Waals surface area (Å²) < 4.78 is 10.4. The highest BCUT2D eigenvalue weighted by atomic mass is 16.5. The summed E-state index contributed by atoms with van der Waals surface area (Å²) in [4.78, 5) is 11.3. The molecule has 3 heteroatoms. The highest BCUT2D eigenvalue weighted by molar-refractivity contribution is 5.75. The standard InChI is InChI=1S/C10H10O3/c11-10-8-3-6-1-2-12-9(6)4-7(8)5-13-10/h1-2,7-8H,3-5H2/t7-,8+/m1/s1. The topological polar surface area (TPSA) is 39.4 Å². The van der Waals surface area contributed by atoms with Crippen molar-refractivity contribution in [2.45, 2.75) is 12.8 Å². The number of furan rings is 1. The maximum Gasteiger partial charge on any atom is 0.309 e. The summed E-state index contributed by atoms with van der Waals surface area (Å²) in [7, 11) is 0. The van der Waals surface area contributed by atoms with Crippen LogP contribution in [-0.4, -0.2) is 12.6 Å². The molecule has 0 saturated carbocycles. The van der Waals surface area contributed by atoms with E-state index < -0.39 is 0 Å². The number of fused-ring (bicyclic) bond motifs is 2. The van der Waals surface area contributed by atoms with Gasteiger partial charge in [0.1, 0.15) is 5.76 Å². The molecule has 2 aliphatic rings. The predicted octanol–water partition coefficient (Wildman–Crippen LogP) is 1.17. The van der Waals surface area contributed by atoms with Gasteiger partial charge in [-0.3, -0.25) is 4.79 Å². The Morgan fingerprint density at radius 3 is 3.23 bits per heavy atom. The average Bonchev–Trinajstić information content (AvgIpc) is 2.70. The molecule has 0 bridgehead atoms. The number of ether oxygens (including phenoxy) is 1. The summed E-state index contributed by atoms with van der Waals surface area (Å²) in [6.45, 7) is 0.573. The third kappa shape index (κ3) is 0.930. The van der Waals surface area contributed by atoms with Gasteiger partial charge in [-0.05, 0) is 18.1 Å². The number of carbonyl (C=O) groups is 1. The maximum absolute atomic E-state index is 11.3. The van der Waals surface area contributed by atoms with Gasteiger partial charge >= 0.3 is 5.97 Å². The monoisotopic (exact) mass is 178 g/mol. The number of hydrogen-bond donors (Lipinski definition) is 0. The van der Waals surface area contributed by atoms with Gasteiger partial charge in [-0.2, -0.15) is 0 Å². The average molecular weight is 178 g/mol. The molecule has 1 aromatic rings. The Morgan fingerprint density at radius 2 is 2.31 bits per heavy atom. The van der Waals surface area contributed by atoms with Gasteiger partial charge in [0.2, 0.25) is 0 Å². The SMILES string of the molecule is O=C1OC[C@H]2Cc3occc3C[C@H]12. The molecule has 0 N–H and O–H groups in total. The van der Waals surface area contributed by atoms with Crippen LogP contribution in [0.15, 0.2) is 16.7 Å². The molecule has 1 aromatic heterocycles. The summed E-state index contributed by atoms with van der Waals surface area (Å²) in [5.74, 6) is 1.45. The molecule has 0 amide bonds. The molecule has 0 unspecified atom stereocenters. The number of carbonyl (C=O) groups excluding carboxylic acids is 1. The summed E-state index contributed by atoms with van der Waals surface area (Å²) >= 11 is 0. The molecular formula is C10H10O3. The fraction of sp³-hybridized carbons (Fsp3) is 0.500. The fourth-order valence-electron chi connectivity index (χ4n) is 2.26. The quantitative estimate of drug-likeness (QED) is 0.560.